The van der Waals surface area contributed by atoms with E-state index in [9.17, 15) is 4.79 Å². The molecule has 0 spiro atoms. The zero-order chi connectivity index (χ0) is 12.0. The van der Waals surface area contributed by atoms with E-state index in [0.29, 0.717) is 0 Å². The van der Waals surface area contributed by atoms with Gasteiger partial charge in [-0.1, -0.05) is 17.2 Å². The SMILES string of the molecule is COC(=O)/C(=C/c1cccc(I)c1)N=[N+]=[N-]. The summed E-state index contributed by atoms with van der Waals surface area (Å²) in [6, 6.07) is 7.43. The first-order valence-electron chi connectivity index (χ1n) is 4.28. The molecule has 0 aliphatic rings. The highest BCUT2D eigenvalue weighted by molar-refractivity contribution is 14.1. The number of benzene rings is 1. The second-order valence-corrected chi connectivity index (χ2v) is 4.01. The minimum absolute atomic E-state index is 0.0630. The number of rotatable bonds is 3. The maximum Gasteiger partial charge on any atom is 0.340 e. The van der Waals surface area contributed by atoms with Crippen molar-refractivity contribution in [2.45, 2.75) is 0 Å². The van der Waals surface area contributed by atoms with Crippen molar-refractivity contribution in [1.82, 2.24) is 0 Å². The van der Waals surface area contributed by atoms with Gasteiger partial charge in [0.1, 0.15) is 5.70 Å². The molecule has 0 radical (unpaired) electrons. The number of hydrogen-bond acceptors (Lipinski definition) is 3. The van der Waals surface area contributed by atoms with E-state index in [1.165, 1.54) is 13.2 Å². The summed E-state index contributed by atoms with van der Waals surface area (Å²) in [6.45, 7) is 0. The van der Waals surface area contributed by atoms with Crippen LogP contribution in [0.2, 0.25) is 0 Å². The maximum atomic E-state index is 11.2. The first-order valence-corrected chi connectivity index (χ1v) is 5.36. The van der Waals surface area contributed by atoms with Gasteiger partial charge in [0.2, 0.25) is 0 Å². The Kier molecular flexibility index (Phi) is 4.81. The van der Waals surface area contributed by atoms with Crippen molar-refractivity contribution in [2.24, 2.45) is 5.11 Å². The van der Waals surface area contributed by atoms with Crippen molar-refractivity contribution >= 4 is 34.6 Å². The van der Waals surface area contributed by atoms with Gasteiger partial charge in [0.05, 0.1) is 7.11 Å². The molecule has 0 bridgehead atoms. The number of esters is 1. The molecule has 0 N–H and O–H groups in total. The van der Waals surface area contributed by atoms with Crippen molar-refractivity contribution in [3.63, 3.8) is 0 Å². The van der Waals surface area contributed by atoms with E-state index in [-0.39, 0.29) is 5.70 Å². The number of carbonyl (C=O) groups is 1. The zero-order valence-corrected chi connectivity index (χ0v) is 10.6. The summed E-state index contributed by atoms with van der Waals surface area (Å²) in [7, 11) is 1.23. The van der Waals surface area contributed by atoms with Crippen molar-refractivity contribution in [3.8, 4) is 0 Å². The van der Waals surface area contributed by atoms with Crippen LogP contribution < -0.4 is 0 Å². The molecule has 0 saturated heterocycles. The molecule has 1 aromatic rings. The van der Waals surface area contributed by atoms with Gasteiger partial charge in [0.15, 0.2) is 0 Å². The predicted octanol–water partition coefficient (Wildman–Crippen LogP) is 3.12. The third-order valence-corrected chi connectivity index (χ3v) is 2.37. The van der Waals surface area contributed by atoms with E-state index in [4.69, 9.17) is 5.53 Å². The summed E-state index contributed by atoms with van der Waals surface area (Å²) < 4.78 is 5.52. The van der Waals surface area contributed by atoms with Crippen LogP contribution >= 0.6 is 22.6 Å². The molecule has 0 aromatic heterocycles. The molecule has 16 heavy (non-hydrogen) atoms. The highest BCUT2D eigenvalue weighted by Crippen LogP contribution is 2.13. The fourth-order valence-electron chi connectivity index (χ4n) is 1.04. The summed E-state index contributed by atoms with van der Waals surface area (Å²) in [4.78, 5) is 13.8. The average Bonchev–Trinajstić information content (AvgIpc) is 2.27. The maximum absolute atomic E-state index is 11.2. The highest BCUT2D eigenvalue weighted by Gasteiger charge is 2.06. The van der Waals surface area contributed by atoms with Crippen LogP contribution in [0.25, 0.3) is 16.5 Å². The summed E-state index contributed by atoms with van der Waals surface area (Å²) in [6.07, 6.45) is 1.48. The molecule has 0 amide bonds. The van der Waals surface area contributed by atoms with Gasteiger partial charge in [-0.05, 0) is 51.9 Å². The van der Waals surface area contributed by atoms with Crippen molar-refractivity contribution in [3.05, 3.63) is 49.5 Å². The van der Waals surface area contributed by atoms with Crippen LogP contribution in [0.3, 0.4) is 0 Å². The van der Waals surface area contributed by atoms with E-state index in [2.05, 4.69) is 37.4 Å². The van der Waals surface area contributed by atoms with E-state index in [0.717, 1.165) is 9.13 Å². The lowest BCUT2D eigenvalue weighted by Crippen LogP contribution is -2.01. The van der Waals surface area contributed by atoms with Crippen molar-refractivity contribution < 1.29 is 9.53 Å². The predicted molar refractivity (Wildman–Crippen MR) is 68.3 cm³/mol. The van der Waals surface area contributed by atoms with Gasteiger partial charge in [-0.25, -0.2) is 4.79 Å². The smallest absolute Gasteiger partial charge is 0.340 e. The second kappa shape index (κ2) is 6.14. The molecule has 0 unspecified atom stereocenters. The Morgan fingerprint density at radius 3 is 2.94 bits per heavy atom. The Hall–Kier alpha value is -1.53. The summed E-state index contributed by atoms with van der Waals surface area (Å²) in [5.41, 5.74) is 9.04. The van der Waals surface area contributed by atoms with E-state index >= 15 is 0 Å². The molecule has 5 nitrogen and oxygen atoms in total. The van der Waals surface area contributed by atoms with Gasteiger partial charge in [0.25, 0.3) is 0 Å². The minimum Gasteiger partial charge on any atom is -0.466 e. The standard InChI is InChI=1S/C10H8IN3O2/c1-16-10(15)9(13-14-12)6-7-3-2-4-8(11)5-7/h2-6H,1H3/b9-6-. The molecular formula is C10H8IN3O2. The summed E-state index contributed by atoms with van der Waals surface area (Å²) >= 11 is 2.15. The van der Waals surface area contributed by atoms with Crippen LogP contribution in [0.5, 0.6) is 0 Å². The van der Waals surface area contributed by atoms with Crippen molar-refractivity contribution in [2.75, 3.05) is 7.11 Å². The lowest BCUT2D eigenvalue weighted by molar-refractivity contribution is -0.136. The van der Waals surface area contributed by atoms with Crippen LogP contribution in [0.1, 0.15) is 5.56 Å². The van der Waals surface area contributed by atoms with E-state index in [1.807, 2.05) is 18.2 Å². The summed E-state index contributed by atoms with van der Waals surface area (Å²) in [5, 5.41) is 3.28. The lowest BCUT2D eigenvalue weighted by atomic mass is 10.2. The zero-order valence-electron chi connectivity index (χ0n) is 8.42. The van der Waals surface area contributed by atoms with Gasteiger partial charge < -0.3 is 4.74 Å². The fraction of sp³-hybridized carbons (Fsp3) is 0.100. The first kappa shape index (κ1) is 12.5. The quantitative estimate of drug-likeness (QED) is 0.213. The second-order valence-electron chi connectivity index (χ2n) is 2.77. The van der Waals surface area contributed by atoms with Gasteiger partial charge in [-0.15, -0.1) is 0 Å². The lowest BCUT2D eigenvalue weighted by Gasteiger charge is -1.99. The molecule has 0 atom stereocenters. The van der Waals surface area contributed by atoms with E-state index < -0.39 is 5.97 Å². The van der Waals surface area contributed by atoms with Crippen LogP contribution in [-0.4, -0.2) is 13.1 Å². The van der Waals surface area contributed by atoms with Gasteiger partial charge in [-0.2, -0.15) is 0 Å². The van der Waals surface area contributed by atoms with Crippen LogP contribution in [0.15, 0.2) is 35.1 Å². The Balaban J connectivity index is 3.11. The first-order chi connectivity index (χ1) is 7.67. The molecule has 0 aliphatic carbocycles. The minimum atomic E-state index is -0.656. The molecule has 1 rings (SSSR count). The Morgan fingerprint density at radius 2 is 2.38 bits per heavy atom. The molecule has 0 saturated carbocycles. The van der Waals surface area contributed by atoms with E-state index in [1.54, 1.807) is 6.07 Å². The molecule has 82 valence electrons. The molecule has 0 fully saturated rings. The van der Waals surface area contributed by atoms with Crippen molar-refractivity contribution in [1.29, 1.82) is 0 Å². The third kappa shape index (κ3) is 3.56. The highest BCUT2D eigenvalue weighted by atomic mass is 127. The summed E-state index contributed by atoms with van der Waals surface area (Å²) in [5.74, 6) is -0.656. The van der Waals surface area contributed by atoms with Crippen LogP contribution in [0.4, 0.5) is 0 Å². The van der Waals surface area contributed by atoms with Gasteiger partial charge >= 0.3 is 5.97 Å². The largest absolute Gasteiger partial charge is 0.466 e. The number of halogens is 1. The average molecular weight is 329 g/mol. The van der Waals surface area contributed by atoms with Crippen LogP contribution in [-0.2, 0) is 9.53 Å². The van der Waals surface area contributed by atoms with Gasteiger partial charge in [-0.3, -0.25) is 0 Å². The molecule has 6 heteroatoms. The number of carbonyl (C=O) groups excluding carboxylic acids is 1. The number of hydrogen-bond donors (Lipinski definition) is 0. The monoisotopic (exact) mass is 329 g/mol. The fourth-order valence-corrected chi connectivity index (χ4v) is 1.60. The number of azide groups is 1. The Labute approximate surface area is 106 Å². The molecular weight excluding hydrogens is 321 g/mol. The number of nitrogens with zero attached hydrogens (tertiary/aromatic N) is 3. The van der Waals surface area contributed by atoms with Gasteiger partial charge in [0, 0.05) is 8.48 Å². The Morgan fingerprint density at radius 1 is 1.62 bits per heavy atom. The topological polar surface area (TPSA) is 75.1 Å². The number of methoxy groups -OCH3 is 1. The molecule has 0 aliphatic heterocycles. The molecule has 0 heterocycles. The normalized spacial score (nSPS) is 10.5. The molecule has 1 aromatic carbocycles. The number of ether oxygens (including phenoxy) is 1. The third-order valence-electron chi connectivity index (χ3n) is 1.70. The Bertz CT molecular complexity index is 479. The van der Waals surface area contributed by atoms with Crippen LogP contribution in [0, 0.1) is 3.57 Å².